The predicted molar refractivity (Wildman–Crippen MR) is 84.0 cm³/mol. The van der Waals surface area contributed by atoms with Crippen LogP contribution in [0.15, 0.2) is 0 Å². The summed E-state index contributed by atoms with van der Waals surface area (Å²) >= 11 is 9.93. The fourth-order valence-corrected chi connectivity index (χ4v) is 3.97. The summed E-state index contributed by atoms with van der Waals surface area (Å²) in [7, 11) is 2.20. The van der Waals surface area contributed by atoms with Crippen LogP contribution in [-0.2, 0) is 0 Å². The largest absolute Gasteiger partial charge is 0.324 e. The van der Waals surface area contributed by atoms with Gasteiger partial charge in [0.15, 0.2) is 0 Å². The van der Waals surface area contributed by atoms with Crippen molar-refractivity contribution >= 4 is 29.2 Å². The Hall–Kier alpha value is 0.160. The summed E-state index contributed by atoms with van der Waals surface area (Å²) in [6.07, 6.45) is 7.87. The van der Waals surface area contributed by atoms with Gasteiger partial charge in [-0.25, -0.2) is 0 Å². The molecule has 2 fully saturated rings. The Kier molecular flexibility index (Phi) is 4.92. The Morgan fingerprint density at radius 1 is 1.39 bits per heavy atom. The minimum atomic E-state index is -0.0205. The Labute approximate surface area is 122 Å². The molecule has 2 heterocycles. The number of hydrogen-bond donors (Lipinski definition) is 2. The highest BCUT2D eigenvalue weighted by Crippen LogP contribution is 2.31. The molecule has 0 aliphatic carbocycles. The maximum Gasteiger partial charge on any atom is 0.136 e. The van der Waals surface area contributed by atoms with E-state index in [9.17, 15) is 0 Å². The molecule has 0 aromatic carbocycles. The maximum atomic E-state index is 5.43. The molecule has 0 bridgehead atoms. The van der Waals surface area contributed by atoms with Crippen molar-refractivity contribution in [3.8, 4) is 0 Å². The molecule has 0 aromatic heterocycles. The molecule has 104 valence electrons. The minimum absolute atomic E-state index is 0.0205. The van der Waals surface area contributed by atoms with Crippen LogP contribution in [0.2, 0.25) is 0 Å². The standard InChI is InChI=1S/C13H25N3S2/c1-13(8-4-5-9-14-13)16(12(17)18)11-7-3-6-10-15(11)2/h11,14H,3-10H2,1-2H3,(H,17,18). The van der Waals surface area contributed by atoms with E-state index in [0.717, 1.165) is 23.8 Å². The molecule has 2 atom stereocenters. The second-order valence-corrected chi connectivity index (χ2v) is 6.88. The van der Waals surface area contributed by atoms with Crippen molar-refractivity contribution in [3.63, 3.8) is 0 Å². The van der Waals surface area contributed by atoms with E-state index >= 15 is 0 Å². The Morgan fingerprint density at radius 2 is 2.17 bits per heavy atom. The van der Waals surface area contributed by atoms with Crippen LogP contribution in [0.25, 0.3) is 0 Å². The van der Waals surface area contributed by atoms with Crippen molar-refractivity contribution in [2.75, 3.05) is 20.1 Å². The van der Waals surface area contributed by atoms with Gasteiger partial charge in [-0.2, -0.15) is 0 Å². The van der Waals surface area contributed by atoms with E-state index in [-0.39, 0.29) is 5.66 Å². The normalized spacial score (nSPS) is 34.3. The van der Waals surface area contributed by atoms with Gasteiger partial charge < -0.3 is 4.90 Å². The van der Waals surface area contributed by atoms with Crippen LogP contribution in [0.4, 0.5) is 0 Å². The summed E-state index contributed by atoms with van der Waals surface area (Å²) in [5.74, 6) is 0. The number of hydrogen-bond acceptors (Lipinski definition) is 3. The van der Waals surface area contributed by atoms with Gasteiger partial charge >= 0.3 is 0 Å². The molecule has 3 nitrogen and oxygen atoms in total. The first-order valence-corrected chi connectivity index (χ1v) is 7.88. The zero-order chi connectivity index (χ0) is 13.2. The molecule has 2 saturated heterocycles. The van der Waals surface area contributed by atoms with Crippen molar-refractivity contribution in [1.82, 2.24) is 15.1 Å². The Morgan fingerprint density at radius 3 is 2.72 bits per heavy atom. The molecule has 0 aromatic rings. The highest BCUT2D eigenvalue weighted by molar-refractivity contribution is 8.10. The van der Waals surface area contributed by atoms with Gasteiger partial charge in [0.25, 0.3) is 0 Å². The lowest BCUT2D eigenvalue weighted by Gasteiger charge is -2.52. The molecule has 5 heteroatoms. The van der Waals surface area contributed by atoms with Gasteiger partial charge in [0.2, 0.25) is 0 Å². The lowest BCUT2D eigenvalue weighted by molar-refractivity contribution is -0.00790. The van der Waals surface area contributed by atoms with Gasteiger partial charge in [0.05, 0.1) is 11.8 Å². The highest BCUT2D eigenvalue weighted by atomic mass is 32.1. The molecule has 0 radical (unpaired) electrons. The zero-order valence-electron chi connectivity index (χ0n) is 11.5. The second kappa shape index (κ2) is 6.07. The van der Waals surface area contributed by atoms with Gasteiger partial charge in [-0.05, 0) is 65.6 Å². The van der Waals surface area contributed by atoms with E-state index in [1.807, 2.05) is 0 Å². The number of likely N-dealkylation sites (tertiary alicyclic amines) is 1. The number of rotatable bonds is 2. The summed E-state index contributed by atoms with van der Waals surface area (Å²) in [5, 5.41) is 3.66. The number of nitrogens with zero attached hydrogens (tertiary/aromatic N) is 2. The summed E-state index contributed by atoms with van der Waals surface area (Å²) < 4.78 is 0.727. The van der Waals surface area contributed by atoms with E-state index in [4.69, 9.17) is 12.2 Å². The first-order valence-electron chi connectivity index (χ1n) is 7.02. The van der Waals surface area contributed by atoms with Crippen LogP contribution in [0, 0.1) is 0 Å². The Balaban J connectivity index is 2.18. The molecular weight excluding hydrogens is 262 g/mol. The lowest BCUT2D eigenvalue weighted by atomic mass is 9.96. The third-order valence-electron chi connectivity index (χ3n) is 4.36. The smallest absolute Gasteiger partial charge is 0.136 e. The molecule has 2 aliphatic heterocycles. The minimum Gasteiger partial charge on any atom is -0.324 e. The average molecular weight is 287 g/mol. The summed E-state index contributed by atoms with van der Waals surface area (Å²) in [5.41, 5.74) is -0.0205. The summed E-state index contributed by atoms with van der Waals surface area (Å²) in [6, 6.07) is 0. The van der Waals surface area contributed by atoms with Crippen molar-refractivity contribution < 1.29 is 0 Å². The van der Waals surface area contributed by atoms with E-state index in [1.54, 1.807) is 0 Å². The van der Waals surface area contributed by atoms with Crippen LogP contribution in [0.1, 0.15) is 45.4 Å². The fourth-order valence-electron chi connectivity index (χ4n) is 3.30. The average Bonchev–Trinajstić information content (AvgIpc) is 2.32. The van der Waals surface area contributed by atoms with Crippen molar-refractivity contribution in [1.29, 1.82) is 0 Å². The number of piperidine rings is 2. The molecular formula is C13H25N3S2. The maximum absolute atomic E-state index is 5.43. The van der Waals surface area contributed by atoms with Gasteiger partial charge in [0.1, 0.15) is 4.32 Å². The molecule has 1 N–H and O–H groups in total. The lowest BCUT2D eigenvalue weighted by Crippen LogP contribution is -2.66. The molecule has 0 saturated carbocycles. The Bertz CT molecular complexity index is 303. The van der Waals surface area contributed by atoms with Gasteiger partial charge in [-0.1, -0.05) is 12.2 Å². The second-order valence-electron chi connectivity index (χ2n) is 5.77. The van der Waals surface area contributed by atoms with Crippen molar-refractivity contribution in [2.45, 2.75) is 57.3 Å². The third kappa shape index (κ3) is 3.00. The first-order chi connectivity index (χ1) is 8.54. The molecule has 2 aliphatic rings. The van der Waals surface area contributed by atoms with Crippen LogP contribution in [0.3, 0.4) is 0 Å². The van der Waals surface area contributed by atoms with Crippen molar-refractivity contribution in [2.24, 2.45) is 0 Å². The molecule has 0 amide bonds. The number of thiocarbonyl (C=S) groups is 1. The molecule has 18 heavy (non-hydrogen) atoms. The SMILES string of the molecule is CN1CCCCC1N(C(=S)S)C1(C)CCCCN1. The van der Waals surface area contributed by atoms with E-state index in [0.29, 0.717) is 6.17 Å². The first kappa shape index (κ1) is 14.6. The van der Waals surface area contributed by atoms with Gasteiger partial charge in [0, 0.05) is 0 Å². The van der Waals surface area contributed by atoms with Crippen LogP contribution in [-0.4, -0.2) is 46.1 Å². The highest BCUT2D eigenvalue weighted by Gasteiger charge is 2.40. The molecule has 2 rings (SSSR count). The molecule has 2 unspecified atom stereocenters. The van der Waals surface area contributed by atoms with E-state index in [2.05, 4.69) is 41.7 Å². The summed E-state index contributed by atoms with van der Waals surface area (Å²) in [6.45, 7) is 4.52. The topological polar surface area (TPSA) is 18.5 Å². The molecule has 0 spiro atoms. The summed E-state index contributed by atoms with van der Waals surface area (Å²) in [4.78, 5) is 4.76. The number of nitrogens with one attached hydrogen (secondary N) is 1. The van der Waals surface area contributed by atoms with E-state index < -0.39 is 0 Å². The van der Waals surface area contributed by atoms with Crippen LogP contribution < -0.4 is 5.32 Å². The quantitative estimate of drug-likeness (QED) is 0.600. The van der Waals surface area contributed by atoms with Crippen molar-refractivity contribution in [3.05, 3.63) is 0 Å². The fraction of sp³-hybridized carbons (Fsp3) is 0.923. The zero-order valence-corrected chi connectivity index (χ0v) is 13.2. The monoisotopic (exact) mass is 287 g/mol. The van der Waals surface area contributed by atoms with Crippen LogP contribution in [0.5, 0.6) is 0 Å². The number of thiol groups is 1. The van der Waals surface area contributed by atoms with Crippen LogP contribution >= 0.6 is 24.8 Å². The van der Waals surface area contributed by atoms with Gasteiger partial charge in [-0.15, -0.1) is 12.6 Å². The van der Waals surface area contributed by atoms with E-state index in [1.165, 1.54) is 32.1 Å². The predicted octanol–water partition coefficient (Wildman–Crippen LogP) is 2.43. The third-order valence-corrected chi connectivity index (χ3v) is 4.78. The van der Waals surface area contributed by atoms with Gasteiger partial charge in [-0.3, -0.25) is 10.2 Å².